The summed E-state index contributed by atoms with van der Waals surface area (Å²) in [5.41, 5.74) is 0.204. The molecule has 1 amide bonds. The van der Waals surface area contributed by atoms with Crippen LogP contribution in [0.25, 0.3) is 0 Å². The van der Waals surface area contributed by atoms with Crippen LogP contribution >= 0.6 is 23.2 Å². The van der Waals surface area contributed by atoms with E-state index in [0.717, 1.165) is 12.1 Å². The van der Waals surface area contributed by atoms with Crippen molar-refractivity contribution in [3.63, 3.8) is 0 Å². The second kappa shape index (κ2) is 10.8. The number of alkyl halides is 3. The Morgan fingerprint density at radius 1 is 1.00 bits per heavy atom. The topological polar surface area (TPSA) is 60.9 Å². The number of piperidine rings is 1. The molecule has 2 heterocycles. The minimum Gasteiger partial charge on any atom is -0.368 e. The molecular formula is C24H26Cl2F3N3O3S. The fourth-order valence-corrected chi connectivity index (χ4v) is 6.84. The van der Waals surface area contributed by atoms with Gasteiger partial charge in [0.2, 0.25) is 15.9 Å². The number of carbonyl (C=O) groups is 1. The molecule has 0 N–H and O–H groups in total. The van der Waals surface area contributed by atoms with Gasteiger partial charge in [-0.2, -0.15) is 13.2 Å². The molecule has 0 unspecified atom stereocenters. The highest BCUT2D eigenvalue weighted by Crippen LogP contribution is 2.32. The Bertz CT molecular complexity index is 1220. The summed E-state index contributed by atoms with van der Waals surface area (Å²) < 4.78 is 66.6. The van der Waals surface area contributed by atoms with Gasteiger partial charge in [-0.1, -0.05) is 35.3 Å². The molecule has 2 fully saturated rings. The minimum absolute atomic E-state index is 0.0974. The van der Waals surface area contributed by atoms with Crippen LogP contribution in [0.1, 0.15) is 24.0 Å². The van der Waals surface area contributed by atoms with Gasteiger partial charge in [-0.3, -0.25) is 4.79 Å². The zero-order valence-electron chi connectivity index (χ0n) is 19.3. The number of carbonyl (C=O) groups excluding carboxylic acids is 1. The molecule has 196 valence electrons. The largest absolute Gasteiger partial charge is 0.416 e. The average Bonchev–Trinajstić information content (AvgIpc) is 2.85. The van der Waals surface area contributed by atoms with Crippen LogP contribution in [0, 0.1) is 5.92 Å². The van der Waals surface area contributed by atoms with Gasteiger partial charge < -0.3 is 9.80 Å². The van der Waals surface area contributed by atoms with E-state index in [1.54, 1.807) is 23.1 Å². The summed E-state index contributed by atoms with van der Waals surface area (Å²) >= 11 is 12.1. The number of sulfonamides is 1. The quantitative estimate of drug-likeness (QED) is 0.519. The highest BCUT2D eigenvalue weighted by Gasteiger charge is 2.36. The standard InChI is InChI=1S/C24H26Cl2F3N3O3S/c25-20-7-6-18(22(26)14-20)16-36(34,35)32-8-2-3-17(15-32)23(33)31-11-9-30(10-12-31)21-5-1-4-19(13-21)24(27,28)29/h1,4-7,13-14,17H,2-3,8-12,15-16H2/t17-/m0/s1. The molecular weight excluding hydrogens is 538 g/mol. The summed E-state index contributed by atoms with van der Waals surface area (Å²) in [6.07, 6.45) is -3.27. The summed E-state index contributed by atoms with van der Waals surface area (Å²) in [6.45, 7) is 1.95. The summed E-state index contributed by atoms with van der Waals surface area (Å²) in [7, 11) is -3.69. The van der Waals surface area contributed by atoms with Crippen molar-refractivity contribution in [2.45, 2.75) is 24.8 Å². The summed E-state index contributed by atoms with van der Waals surface area (Å²) in [6, 6.07) is 9.82. The number of benzene rings is 2. The maximum absolute atomic E-state index is 13.2. The molecule has 2 aromatic carbocycles. The number of nitrogens with zero attached hydrogens (tertiary/aromatic N) is 3. The van der Waals surface area contributed by atoms with E-state index in [9.17, 15) is 26.4 Å². The second-order valence-electron chi connectivity index (χ2n) is 9.05. The first kappa shape index (κ1) is 27.0. The third-order valence-corrected chi connectivity index (χ3v) is 8.99. The Kier molecular flexibility index (Phi) is 8.09. The third-order valence-electron chi connectivity index (χ3n) is 6.61. The van der Waals surface area contributed by atoms with Gasteiger partial charge in [0, 0.05) is 55.0 Å². The van der Waals surface area contributed by atoms with Crippen molar-refractivity contribution in [2.24, 2.45) is 5.92 Å². The van der Waals surface area contributed by atoms with Gasteiger partial charge >= 0.3 is 6.18 Å². The lowest BCUT2D eigenvalue weighted by Crippen LogP contribution is -2.53. The number of piperazine rings is 1. The van der Waals surface area contributed by atoms with E-state index in [1.165, 1.54) is 16.4 Å². The van der Waals surface area contributed by atoms with Crippen LogP contribution in [0.15, 0.2) is 42.5 Å². The fraction of sp³-hybridized carbons (Fsp3) is 0.458. The zero-order valence-corrected chi connectivity index (χ0v) is 21.7. The molecule has 12 heteroatoms. The molecule has 2 aliphatic rings. The maximum atomic E-state index is 13.2. The lowest BCUT2D eigenvalue weighted by atomic mass is 9.97. The molecule has 4 rings (SSSR count). The lowest BCUT2D eigenvalue weighted by molar-refractivity contribution is -0.137. The molecule has 1 atom stereocenters. The van der Waals surface area contributed by atoms with Gasteiger partial charge in [-0.25, -0.2) is 12.7 Å². The third kappa shape index (κ3) is 6.27. The van der Waals surface area contributed by atoms with Crippen LogP contribution in [-0.2, 0) is 26.7 Å². The zero-order chi connectivity index (χ0) is 26.1. The van der Waals surface area contributed by atoms with Gasteiger partial charge in [0.15, 0.2) is 0 Å². The fourth-order valence-electron chi connectivity index (χ4n) is 4.65. The van der Waals surface area contributed by atoms with E-state index in [4.69, 9.17) is 23.2 Å². The highest BCUT2D eigenvalue weighted by molar-refractivity contribution is 7.88. The Balaban J connectivity index is 1.36. The summed E-state index contributed by atoms with van der Waals surface area (Å²) in [5, 5.41) is 0.687. The van der Waals surface area contributed by atoms with Crippen LogP contribution in [0.4, 0.5) is 18.9 Å². The van der Waals surface area contributed by atoms with Crippen molar-refractivity contribution in [1.29, 1.82) is 0 Å². The molecule has 0 radical (unpaired) electrons. The van der Waals surface area contributed by atoms with Crippen molar-refractivity contribution in [1.82, 2.24) is 9.21 Å². The van der Waals surface area contributed by atoms with Gasteiger partial charge in [-0.15, -0.1) is 0 Å². The predicted molar refractivity (Wildman–Crippen MR) is 134 cm³/mol. The first-order valence-electron chi connectivity index (χ1n) is 11.6. The van der Waals surface area contributed by atoms with E-state index >= 15 is 0 Å². The van der Waals surface area contributed by atoms with Gasteiger partial charge in [0.25, 0.3) is 0 Å². The first-order valence-corrected chi connectivity index (χ1v) is 13.9. The van der Waals surface area contributed by atoms with E-state index in [1.807, 2.05) is 4.90 Å². The van der Waals surface area contributed by atoms with E-state index < -0.39 is 27.7 Å². The highest BCUT2D eigenvalue weighted by atomic mass is 35.5. The van der Waals surface area contributed by atoms with Crippen molar-refractivity contribution in [3.8, 4) is 0 Å². The smallest absolute Gasteiger partial charge is 0.368 e. The van der Waals surface area contributed by atoms with Gasteiger partial charge in [-0.05, 0) is 48.7 Å². The first-order chi connectivity index (χ1) is 16.9. The van der Waals surface area contributed by atoms with E-state index in [0.29, 0.717) is 61.8 Å². The average molecular weight is 564 g/mol. The van der Waals surface area contributed by atoms with E-state index in [2.05, 4.69) is 0 Å². The van der Waals surface area contributed by atoms with Crippen LogP contribution in [-0.4, -0.2) is 62.8 Å². The normalized spacial score (nSPS) is 20.0. The number of amides is 1. The molecule has 0 aromatic heterocycles. The number of hydrogen-bond acceptors (Lipinski definition) is 4. The van der Waals surface area contributed by atoms with E-state index in [-0.39, 0.29) is 23.2 Å². The molecule has 0 aliphatic carbocycles. The number of anilines is 1. The Morgan fingerprint density at radius 3 is 2.39 bits per heavy atom. The second-order valence-corrected chi connectivity index (χ2v) is 11.9. The Labute approximate surface area is 218 Å². The Hall–Kier alpha value is -2.01. The number of hydrogen-bond donors (Lipinski definition) is 0. The van der Waals surface area contributed by atoms with Crippen molar-refractivity contribution >= 4 is 44.8 Å². The molecule has 36 heavy (non-hydrogen) atoms. The molecule has 2 aliphatic heterocycles. The lowest BCUT2D eigenvalue weighted by Gasteiger charge is -2.39. The van der Waals surface area contributed by atoms with Crippen LogP contribution in [0.3, 0.4) is 0 Å². The van der Waals surface area contributed by atoms with Crippen LogP contribution in [0.2, 0.25) is 10.0 Å². The maximum Gasteiger partial charge on any atom is 0.416 e. The van der Waals surface area contributed by atoms with Crippen LogP contribution in [0.5, 0.6) is 0 Å². The molecule has 0 saturated carbocycles. The van der Waals surface area contributed by atoms with Crippen molar-refractivity contribution < 1.29 is 26.4 Å². The molecule has 0 bridgehead atoms. The van der Waals surface area contributed by atoms with Gasteiger partial charge in [0.1, 0.15) is 0 Å². The van der Waals surface area contributed by atoms with Crippen molar-refractivity contribution in [3.05, 3.63) is 63.6 Å². The predicted octanol–water partition coefficient (Wildman–Crippen LogP) is 4.90. The van der Waals surface area contributed by atoms with Gasteiger partial charge in [0.05, 0.1) is 17.2 Å². The molecule has 6 nitrogen and oxygen atoms in total. The molecule has 2 aromatic rings. The minimum atomic E-state index is -4.42. The monoisotopic (exact) mass is 563 g/mol. The number of halogens is 5. The SMILES string of the molecule is O=C([C@H]1CCCN(S(=O)(=O)Cc2ccc(Cl)cc2Cl)C1)N1CCN(c2cccc(C(F)(F)F)c2)CC1. The van der Waals surface area contributed by atoms with Crippen molar-refractivity contribution in [2.75, 3.05) is 44.2 Å². The molecule has 2 saturated heterocycles. The summed E-state index contributed by atoms with van der Waals surface area (Å²) in [5.74, 6) is -0.864. The van der Waals surface area contributed by atoms with Crippen LogP contribution < -0.4 is 4.90 Å². The number of rotatable bonds is 5. The summed E-state index contributed by atoms with van der Waals surface area (Å²) in [4.78, 5) is 16.7. The molecule has 0 spiro atoms. The Morgan fingerprint density at radius 2 is 1.72 bits per heavy atom.